The van der Waals surface area contributed by atoms with Crippen LogP contribution < -0.4 is 0 Å². The van der Waals surface area contributed by atoms with E-state index in [2.05, 4.69) is 0 Å². The summed E-state index contributed by atoms with van der Waals surface area (Å²) in [4.78, 5) is 23.4. The molecule has 2 atom stereocenters. The molecule has 0 amide bonds. The van der Waals surface area contributed by atoms with Crippen molar-refractivity contribution in [2.24, 2.45) is 11.8 Å². The molecule has 0 radical (unpaired) electrons. The van der Waals surface area contributed by atoms with E-state index in [1.54, 1.807) is 0 Å². The van der Waals surface area contributed by atoms with Crippen LogP contribution in [0.2, 0.25) is 0 Å². The molecule has 1 aromatic rings. The number of ketones is 1. The maximum Gasteiger partial charge on any atom is 0.416 e. The Morgan fingerprint density at radius 2 is 1.86 bits per heavy atom. The van der Waals surface area contributed by atoms with Gasteiger partial charge in [-0.25, -0.2) is 0 Å². The van der Waals surface area contributed by atoms with Crippen LogP contribution in [0.1, 0.15) is 48.0 Å². The number of hydrogen-bond donors (Lipinski definition) is 1. The second kappa shape index (κ2) is 6.50. The van der Waals surface area contributed by atoms with Gasteiger partial charge in [0, 0.05) is 12.0 Å². The predicted octanol–water partition coefficient (Wildman–Crippen LogP) is 4.17. The van der Waals surface area contributed by atoms with E-state index >= 15 is 0 Å². The Morgan fingerprint density at radius 1 is 1.18 bits per heavy atom. The number of hydrogen-bond acceptors (Lipinski definition) is 2. The first kappa shape index (κ1) is 16.5. The minimum absolute atomic E-state index is 0.00969. The predicted molar refractivity (Wildman–Crippen MR) is 73.5 cm³/mol. The van der Waals surface area contributed by atoms with Gasteiger partial charge >= 0.3 is 12.1 Å². The van der Waals surface area contributed by atoms with Gasteiger partial charge in [0.2, 0.25) is 0 Å². The van der Waals surface area contributed by atoms with Crippen LogP contribution in [-0.2, 0) is 11.0 Å². The van der Waals surface area contributed by atoms with Crippen LogP contribution in [0, 0.1) is 11.8 Å². The van der Waals surface area contributed by atoms with Crippen molar-refractivity contribution < 1.29 is 27.9 Å². The first-order valence-corrected chi connectivity index (χ1v) is 7.22. The highest BCUT2D eigenvalue weighted by Crippen LogP contribution is 2.34. The summed E-state index contributed by atoms with van der Waals surface area (Å²) in [5.41, 5.74) is -0.874. The number of carbonyl (C=O) groups excluding carboxylic acids is 1. The zero-order chi connectivity index (χ0) is 16.3. The van der Waals surface area contributed by atoms with Gasteiger partial charge in [-0.1, -0.05) is 25.0 Å². The number of alkyl halides is 3. The van der Waals surface area contributed by atoms with Gasteiger partial charge in [-0.3, -0.25) is 9.59 Å². The number of halogens is 3. The van der Waals surface area contributed by atoms with Crippen molar-refractivity contribution in [1.82, 2.24) is 0 Å². The van der Waals surface area contributed by atoms with Crippen LogP contribution in [0.5, 0.6) is 0 Å². The minimum Gasteiger partial charge on any atom is -0.481 e. The first-order valence-electron chi connectivity index (χ1n) is 7.22. The van der Waals surface area contributed by atoms with E-state index in [1.165, 1.54) is 12.1 Å². The second-order valence-corrected chi connectivity index (χ2v) is 5.70. The molecule has 2 rings (SSSR count). The van der Waals surface area contributed by atoms with E-state index in [4.69, 9.17) is 0 Å². The normalized spacial score (nSPS) is 22.3. The summed E-state index contributed by atoms with van der Waals surface area (Å²) in [6, 6.07) is 4.29. The molecule has 120 valence electrons. The van der Waals surface area contributed by atoms with Crippen molar-refractivity contribution in [3.63, 3.8) is 0 Å². The third kappa shape index (κ3) is 3.87. The van der Waals surface area contributed by atoms with Crippen LogP contribution >= 0.6 is 0 Å². The largest absolute Gasteiger partial charge is 0.481 e. The van der Waals surface area contributed by atoms with Crippen LogP contribution in [0.15, 0.2) is 24.3 Å². The lowest BCUT2D eigenvalue weighted by molar-refractivity contribution is -0.144. The standard InChI is InChI=1S/C16H17F3O3/c17-16(18,19)12-6-3-5-11(8-12)14(20)9-10-4-1-2-7-13(10)15(21)22/h3,5-6,8,10,13H,1-2,4,7,9H2,(H,21,22)/t10-,13-/m0/s1. The first-order chi connectivity index (χ1) is 10.3. The lowest BCUT2D eigenvalue weighted by atomic mass is 9.76. The molecule has 22 heavy (non-hydrogen) atoms. The molecule has 3 nitrogen and oxygen atoms in total. The number of carboxylic acids is 1. The zero-order valence-electron chi connectivity index (χ0n) is 11.9. The Bertz CT molecular complexity index is 566. The Labute approximate surface area is 126 Å². The molecule has 1 aliphatic rings. The fourth-order valence-electron chi connectivity index (χ4n) is 3.00. The fraction of sp³-hybridized carbons (Fsp3) is 0.500. The van der Waals surface area contributed by atoms with Gasteiger partial charge in [0.1, 0.15) is 0 Å². The third-order valence-corrected chi connectivity index (χ3v) is 4.19. The van der Waals surface area contributed by atoms with Crippen molar-refractivity contribution in [2.75, 3.05) is 0 Å². The number of aliphatic carboxylic acids is 1. The molecule has 0 aromatic heterocycles. The highest BCUT2D eigenvalue weighted by Gasteiger charge is 2.34. The van der Waals surface area contributed by atoms with Gasteiger partial charge in [0.05, 0.1) is 11.5 Å². The van der Waals surface area contributed by atoms with Gasteiger partial charge in [0.25, 0.3) is 0 Å². The summed E-state index contributed by atoms with van der Waals surface area (Å²) in [5, 5.41) is 9.18. The zero-order valence-corrected chi connectivity index (χ0v) is 11.9. The minimum atomic E-state index is -4.50. The van der Waals surface area contributed by atoms with Crippen LogP contribution in [0.4, 0.5) is 13.2 Å². The van der Waals surface area contributed by atoms with Crippen LogP contribution in [0.25, 0.3) is 0 Å². The highest BCUT2D eigenvalue weighted by atomic mass is 19.4. The summed E-state index contributed by atoms with van der Waals surface area (Å²) in [6.07, 6.45) is -1.70. The summed E-state index contributed by atoms with van der Waals surface area (Å²) in [5.74, 6) is -2.23. The Hall–Kier alpha value is -1.85. The maximum absolute atomic E-state index is 12.7. The van der Waals surface area contributed by atoms with E-state index in [1.807, 2.05) is 0 Å². The summed E-state index contributed by atoms with van der Waals surface area (Å²) in [7, 11) is 0. The average Bonchev–Trinajstić information content (AvgIpc) is 2.47. The van der Waals surface area contributed by atoms with Gasteiger partial charge < -0.3 is 5.11 Å². The topological polar surface area (TPSA) is 54.4 Å². The monoisotopic (exact) mass is 314 g/mol. The van der Waals surface area contributed by atoms with Gasteiger partial charge in [-0.2, -0.15) is 13.2 Å². The second-order valence-electron chi connectivity index (χ2n) is 5.70. The fourth-order valence-corrected chi connectivity index (χ4v) is 3.00. The van der Waals surface area contributed by atoms with Gasteiger partial charge in [0.15, 0.2) is 5.78 Å². The summed E-state index contributed by atoms with van der Waals surface area (Å²) < 4.78 is 38.0. The summed E-state index contributed by atoms with van der Waals surface area (Å²) >= 11 is 0. The molecule has 1 fully saturated rings. The highest BCUT2D eigenvalue weighted by molar-refractivity contribution is 5.96. The van der Waals surface area contributed by atoms with Gasteiger partial charge in [-0.05, 0) is 30.9 Å². The quantitative estimate of drug-likeness (QED) is 0.849. The molecule has 0 spiro atoms. The third-order valence-electron chi connectivity index (χ3n) is 4.19. The molecule has 1 N–H and O–H groups in total. The molecule has 1 aliphatic carbocycles. The summed E-state index contributed by atoms with van der Waals surface area (Å²) in [6.45, 7) is 0. The number of benzene rings is 1. The van der Waals surface area contributed by atoms with E-state index in [-0.39, 0.29) is 17.9 Å². The van der Waals surface area contributed by atoms with Crippen molar-refractivity contribution in [1.29, 1.82) is 0 Å². The molecule has 0 heterocycles. The maximum atomic E-state index is 12.7. The van der Waals surface area contributed by atoms with E-state index in [0.717, 1.165) is 25.0 Å². The van der Waals surface area contributed by atoms with Crippen LogP contribution in [-0.4, -0.2) is 16.9 Å². The molecule has 0 unspecified atom stereocenters. The number of rotatable bonds is 4. The SMILES string of the molecule is O=C(C[C@@H]1CCCC[C@@H]1C(=O)O)c1cccc(C(F)(F)F)c1. The van der Waals surface area contributed by atoms with Crippen molar-refractivity contribution >= 4 is 11.8 Å². The van der Waals surface area contributed by atoms with Crippen molar-refractivity contribution in [3.8, 4) is 0 Å². The Morgan fingerprint density at radius 3 is 2.50 bits per heavy atom. The molecule has 1 aromatic carbocycles. The Kier molecular flexibility index (Phi) is 4.88. The van der Waals surface area contributed by atoms with E-state index in [0.29, 0.717) is 12.8 Å². The van der Waals surface area contributed by atoms with Crippen LogP contribution in [0.3, 0.4) is 0 Å². The molecule has 1 saturated carbocycles. The van der Waals surface area contributed by atoms with Gasteiger partial charge in [-0.15, -0.1) is 0 Å². The van der Waals surface area contributed by atoms with Crippen molar-refractivity contribution in [3.05, 3.63) is 35.4 Å². The lowest BCUT2D eigenvalue weighted by Crippen LogP contribution is -2.28. The van der Waals surface area contributed by atoms with Crippen molar-refractivity contribution in [2.45, 2.75) is 38.3 Å². The smallest absolute Gasteiger partial charge is 0.416 e. The number of carboxylic acid groups (broad SMARTS) is 1. The number of Topliss-reactive ketones (excluding diaryl/α,β-unsaturated/α-hetero) is 1. The van der Waals surface area contributed by atoms with E-state index < -0.39 is 29.4 Å². The molecule has 0 aliphatic heterocycles. The molecule has 0 bridgehead atoms. The Balaban J connectivity index is 2.13. The molecular weight excluding hydrogens is 297 g/mol. The molecule has 6 heteroatoms. The molecular formula is C16H17F3O3. The number of carbonyl (C=O) groups is 2. The molecule has 0 saturated heterocycles. The lowest BCUT2D eigenvalue weighted by Gasteiger charge is -2.28. The average molecular weight is 314 g/mol. The van der Waals surface area contributed by atoms with E-state index in [9.17, 15) is 27.9 Å².